The molecule has 0 bridgehead atoms. The third kappa shape index (κ3) is 2.13. The van der Waals surface area contributed by atoms with Gasteiger partial charge in [-0.05, 0) is 25.1 Å². The van der Waals surface area contributed by atoms with Crippen molar-refractivity contribution in [3.63, 3.8) is 0 Å². The highest BCUT2D eigenvalue weighted by Gasteiger charge is 2.17. The second kappa shape index (κ2) is 4.29. The predicted molar refractivity (Wildman–Crippen MR) is 59.1 cm³/mol. The van der Waals surface area contributed by atoms with E-state index >= 15 is 0 Å². The molecule has 0 atom stereocenters. The van der Waals surface area contributed by atoms with E-state index in [0.29, 0.717) is 5.69 Å². The molecule has 1 aromatic heterocycles. The first-order valence-corrected chi connectivity index (χ1v) is 4.91. The van der Waals surface area contributed by atoms with Crippen molar-refractivity contribution in [2.24, 2.45) is 0 Å². The minimum atomic E-state index is -1.20. The molecule has 0 spiro atoms. The molecule has 0 aliphatic heterocycles. The Morgan fingerprint density at radius 2 is 2.12 bits per heavy atom. The van der Waals surface area contributed by atoms with E-state index in [4.69, 9.17) is 5.11 Å². The van der Waals surface area contributed by atoms with Crippen LogP contribution in [0.15, 0.2) is 30.5 Å². The summed E-state index contributed by atoms with van der Waals surface area (Å²) < 4.78 is 13.7. The maximum Gasteiger partial charge on any atom is 0.336 e. The number of hydrogen-bond donors (Lipinski definition) is 1. The molecule has 2 rings (SSSR count). The molecule has 1 N–H and O–H groups in total. The molecule has 0 saturated carbocycles. The molecule has 2 aromatic rings. The lowest BCUT2D eigenvalue weighted by molar-refractivity contribution is 0.0697. The van der Waals surface area contributed by atoms with Gasteiger partial charge in [-0.2, -0.15) is 0 Å². The molecule has 5 heteroatoms. The number of carbonyl (C=O) groups is 1. The second-order valence-electron chi connectivity index (χ2n) is 3.49. The number of hydrogen-bond acceptors (Lipinski definition) is 3. The van der Waals surface area contributed by atoms with E-state index in [2.05, 4.69) is 9.97 Å². The molecular weight excluding hydrogens is 223 g/mol. The number of carboxylic acids is 1. The number of aryl methyl sites for hydroxylation is 1. The van der Waals surface area contributed by atoms with Gasteiger partial charge in [-0.25, -0.2) is 19.2 Å². The van der Waals surface area contributed by atoms with Gasteiger partial charge in [0.15, 0.2) is 5.82 Å². The molecule has 0 aliphatic carbocycles. The van der Waals surface area contributed by atoms with Crippen molar-refractivity contribution in [1.82, 2.24) is 9.97 Å². The topological polar surface area (TPSA) is 63.1 Å². The van der Waals surface area contributed by atoms with Crippen LogP contribution in [0.3, 0.4) is 0 Å². The molecule has 0 aliphatic rings. The minimum absolute atomic E-state index is 0.0799. The summed E-state index contributed by atoms with van der Waals surface area (Å²) in [4.78, 5) is 18.9. The second-order valence-corrected chi connectivity index (χ2v) is 3.49. The van der Waals surface area contributed by atoms with E-state index in [1.54, 1.807) is 13.0 Å². The summed E-state index contributed by atoms with van der Waals surface area (Å²) in [6, 6.07) is 5.52. The zero-order valence-corrected chi connectivity index (χ0v) is 9.01. The number of aromatic nitrogens is 2. The molecule has 0 saturated heterocycles. The zero-order valence-electron chi connectivity index (χ0n) is 9.01. The van der Waals surface area contributed by atoms with Gasteiger partial charge in [0.2, 0.25) is 0 Å². The highest BCUT2D eigenvalue weighted by molar-refractivity contribution is 5.95. The average molecular weight is 232 g/mol. The Kier molecular flexibility index (Phi) is 2.82. The maximum absolute atomic E-state index is 13.7. The van der Waals surface area contributed by atoms with Crippen LogP contribution >= 0.6 is 0 Å². The number of carboxylic acid groups (broad SMARTS) is 1. The van der Waals surface area contributed by atoms with Crippen LogP contribution in [0.5, 0.6) is 0 Å². The number of rotatable bonds is 2. The third-order valence-corrected chi connectivity index (χ3v) is 2.26. The molecule has 0 amide bonds. The molecule has 1 heterocycles. The van der Waals surface area contributed by atoms with Gasteiger partial charge < -0.3 is 5.11 Å². The monoisotopic (exact) mass is 232 g/mol. The van der Waals surface area contributed by atoms with Gasteiger partial charge in [0.25, 0.3) is 0 Å². The van der Waals surface area contributed by atoms with Gasteiger partial charge in [0, 0.05) is 11.9 Å². The van der Waals surface area contributed by atoms with E-state index < -0.39 is 11.8 Å². The van der Waals surface area contributed by atoms with Gasteiger partial charge >= 0.3 is 5.97 Å². The van der Waals surface area contributed by atoms with E-state index in [0.717, 1.165) is 0 Å². The van der Waals surface area contributed by atoms with Crippen LogP contribution in [0, 0.1) is 12.7 Å². The van der Waals surface area contributed by atoms with E-state index in [1.807, 2.05) is 0 Å². The number of aromatic carboxylic acids is 1. The zero-order chi connectivity index (χ0) is 12.4. The summed E-state index contributed by atoms with van der Waals surface area (Å²) in [5, 5.41) is 9.00. The normalized spacial score (nSPS) is 10.2. The van der Waals surface area contributed by atoms with Gasteiger partial charge in [-0.3, -0.25) is 0 Å². The molecule has 0 radical (unpaired) electrons. The largest absolute Gasteiger partial charge is 0.478 e. The Labute approximate surface area is 96.8 Å². The Morgan fingerprint density at radius 3 is 2.76 bits per heavy atom. The Bertz CT molecular complexity index is 584. The maximum atomic E-state index is 13.7. The highest BCUT2D eigenvalue weighted by atomic mass is 19.1. The Hall–Kier alpha value is -2.30. The fourth-order valence-electron chi connectivity index (χ4n) is 1.50. The van der Waals surface area contributed by atoms with E-state index in [9.17, 15) is 9.18 Å². The van der Waals surface area contributed by atoms with Crippen LogP contribution < -0.4 is 0 Å². The lowest BCUT2D eigenvalue weighted by Gasteiger charge is -2.06. The molecular formula is C12H9FN2O2. The lowest BCUT2D eigenvalue weighted by Crippen LogP contribution is -2.04. The number of benzene rings is 1. The van der Waals surface area contributed by atoms with Crippen molar-refractivity contribution >= 4 is 5.97 Å². The molecule has 4 nitrogen and oxygen atoms in total. The molecule has 1 aromatic carbocycles. The fourth-order valence-corrected chi connectivity index (χ4v) is 1.50. The Morgan fingerprint density at radius 1 is 1.35 bits per heavy atom. The first-order chi connectivity index (χ1) is 8.09. The quantitative estimate of drug-likeness (QED) is 0.862. The highest BCUT2D eigenvalue weighted by Crippen LogP contribution is 2.23. The van der Waals surface area contributed by atoms with Crippen LogP contribution in [-0.4, -0.2) is 21.0 Å². The average Bonchev–Trinajstić information content (AvgIpc) is 2.28. The summed E-state index contributed by atoms with van der Waals surface area (Å²) in [6.45, 7) is 1.73. The van der Waals surface area contributed by atoms with Crippen LogP contribution in [0.1, 0.15) is 16.1 Å². The first-order valence-electron chi connectivity index (χ1n) is 4.91. The third-order valence-electron chi connectivity index (χ3n) is 2.26. The van der Waals surface area contributed by atoms with Crippen LogP contribution in [-0.2, 0) is 0 Å². The molecule has 0 fully saturated rings. The smallest absolute Gasteiger partial charge is 0.336 e. The van der Waals surface area contributed by atoms with Crippen molar-refractivity contribution < 1.29 is 14.3 Å². The van der Waals surface area contributed by atoms with Gasteiger partial charge in [0.05, 0.1) is 11.1 Å². The molecule has 86 valence electrons. The molecule has 17 heavy (non-hydrogen) atoms. The summed E-state index contributed by atoms with van der Waals surface area (Å²) in [6.07, 6.45) is 1.47. The van der Waals surface area contributed by atoms with Crippen molar-refractivity contribution in [3.05, 3.63) is 47.5 Å². The number of nitrogens with zero attached hydrogens (tertiary/aromatic N) is 2. The van der Waals surface area contributed by atoms with Crippen LogP contribution in [0.2, 0.25) is 0 Å². The van der Waals surface area contributed by atoms with Gasteiger partial charge in [0.1, 0.15) is 5.82 Å². The van der Waals surface area contributed by atoms with Crippen molar-refractivity contribution in [1.29, 1.82) is 0 Å². The lowest BCUT2D eigenvalue weighted by atomic mass is 10.1. The SMILES string of the molecule is Cc1ccnc(-c2c(F)cccc2C(=O)O)n1. The van der Waals surface area contributed by atoms with E-state index in [-0.39, 0.29) is 17.0 Å². The van der Waals surface area contributed by atoms with E-state index in [1.165, 1.54) is 24.4 Å². The predicted octanol–water partition coefficient (Wildman–Crippen LogP) is 2.29. The molecule has 0 unspecified atom stereocenters. The van der Waals surface area contributed by atoms with Crippen molar-refractivity contribution in [2.45, 2.75) is 6.92 Å². The standard InChI is InChI=1S/C12H9FN2O2/c1-7-5-6-14-11(15-7)10-8(12(16)17)3-2-4-9(10)13/h2-6H,1H3,(H,16,17). The number of halogens is 1. The van der Waals surface area contributed by atoms with Gasteiger partial charge in [-0.1, -0.05) is 6.07 Å². The summed E-state index contributed by atoms with van der Waals surface area (Å²) in [5.74, 6) is -1.76. The van der Waals surface area contributed by atoms with Gasteiger partial charge in [-0.15, -0.1) is 0 Å². The summed E-state index contributed by atoms with van der Waals surface area (Å²) >= 11 is 0. The van der Waals surface area contributed by atoms with Crippen LogP contribution in [0.25, 0.3) is 11.4 Å². The summed E-state index contributed by atoms with van der Waals surface area (Å²) in [7, 11) is 0. The first kappa shape index (κ1) is 11.2. The fraction of sp³-hybridized carbons (Fsp3) is 0.0833. The Balaban J connectivity index is 2.70. The van der Waals surface area contributed by atoms with Crippen molar-refractivity contribution in [2.75, 3.05) is 0 Å². The van der Waals surface area contributed by atoms with Crippen LogP contribution in [0.4, 0.5) is 4.39 Å². The minimum Gasteiger partial charge on any atom is -0.478 e. The van der Waals surface area contributed by atoms with Crippen molar-refractivity contribution in [3.8, 4) is 11.4 Å². The summed E-state index contributed by atoms with van der Waals surface area (Å²) in [5.41, 5.74) is 0.425.